The Morgan fingerprint density at radius 1 is 1.40 bits per heavy atom. The van der Waals surface area contributed by atoms with Crippen molar-refractivity contribution in [3.63, 3.8) is 0 Å². The highest BCUT2D eigenvalue weighted by molar-refractivity contribution is 5.85. The molecule has 0 spiro atoms. The zero-order valence-electron chi connectivity index (χ0n) is 7.87. The third-order valence-electron chi connectivity index (χ3n) is 2.03. The van der Waals surface area contributed by atoms with Crippen molar-refractivity contribution >= 4 is 18.3 Å². The SMILES string of the molecule is Cl.NCC(=O)NC1O[C@H](CO)[C@@H](O)[C@H]1O. The van der Waals surface area contributed by atoms with E-state index in [1.807, 2.05) is 0 Å². The molecule has 6 N–H and O–H groups in total. The van der Waals surface area contributed by atoms with Gasteiger partial charge in [-0.25, -0.2) is 0 Å². The Morgan fingerprint density at radius 3 is 2.40 bits per heavy atom. The molecule has 1 aliphatic rings. The van der Waals surface area contributed by atoms with Crippen LogP contribution in [0.2, 0.25) is 0 Å². The molecule has 15 heavy (non-hydrogen) atoms. The monoisotopic (exact) mass is 242 g/mol. The molecule has 1 heterocycles. The van der Waals surface area contributed by atoms with Gasteiger partial charge in [-0.1, -0.05) is 0 Å². The van der Waals surface area contributed by atoms with Crippen LogP contribution in [0, 0.1) is 0 Å². The van der Waals surface area contributed by atoms with E-state index in [0.717, 1.165) is 0 Å². The fraction of sp³-hybridized carbons (Fsp3) is 0.857. The molecule has 1 amide bonds. The van der Waals surface area contributed by atoms with E-state index in [1.54, 1.807) is 0 Å². The van der Waals surface area contributed by atoms with Crippen LogP contribution < -0.4 is 11.1 Å². The summed E-state index contributed by atoms with van der Waals surface area (Å²) in [5.41, 5.74) is 5.04. The standard InChI is InChI=1S/C7H14N2O5.ClH/c8-1-4(11)9-7-6(13)5(12)3(2-10)14-7;/h3,5-7,10,12-13H,1-2,8H2,(H,9,11);1H/t3-,5-,6-,7?;/m1./s1. The number of hydrogen-bond donors (Lipinski definition) is 5. The van der Waals surface area contributed by atoms with Crippen molar-refractivity contribution < 1.29 is 24.9 Å². The Labute approximate surface area is 92.6 Å². The number of aliphatic hydroxyl groups excluding tert-OH is 3. The average Bonchev–Trinajstić information content (AvgIpc) is 2.45. The lowest BCUT2D eigenvalue weighted by atomic mass is 10.1. The number of aliphatic hydroxyl groups is 3. The minimum Gasteiger partial charge on any atom is -0.394 e. The summed E-state index contributed by atoms with van der Waals surface area (Å²) in [7, 11) is 0. The first kappa shape index (κ1) is 14.6. The van der Waals surface area contributed by atoms with Gasteiger partial charge in [0.15, 0.2) is 6.23 Å². The first-order valence-electron chi connectivity index (χ1n) is 4.22. The van der Waals surface area contributed by atoms with Crippen LogP contribution in [-0.4, -0.2) is 58.9 Å². The van der Waals surface area contributed by atoms with Crippen LogP contribution in [0.3, 0.4) is 0 Å². The van der Waals surface area contributed by atoms with Crippen molar-refractivity contribution in [2.75, 3.05) is 13.2 Å². The van der Waals surface area contributed by atoms with Gasteiger partial charge in [-0.15, -0.1) is 12.4 Å². The fourth-order valence-electron chi connectivity index (χ4n) is 1.24. The highest BCUT2D eigenvalue weighted by Gasteiger charge is 2.42. The van der Waals surface area contributed by atoms with Gasteiger partial charge < -0.3 is 31.1 Å². The molecule has 4 atom stereocenters. The molecule has 0 aromatic heterocycles. The summed E-state index contributed by atoms with van der Waals surface area (Å²) in [5, 5.41) is 29.7. The van der Waals surface area contributed by atoms with E-state index < -0.39 is 37.1 Å². The molecule has 7 nitrogen and oxygen atoms in total. The van der Waals surface area contributed by atoms with Crippen molar-refractivity contribution in [3.8, 4) is 0 Å². The zero-order chi connectivity index (χ0) is 10.7. The van der Waals surface area contributed by atoms with Crippen LogP contribution in [0.1, 0.15) is 0 Å². The van der Waals surface area contributed by atoms with Crippen LogP contribution in [0.25, 0.3) is 0 Å². The van der Waals surface area contributed by atoms with Gasteiger partial charge in [-0.2, -0.15) is 0 Å². The summed E-state index contributed by atoms with van der Waals surface area (Å²) in [6, 6.07) is 0. The molecule has 1 unspecified atom stereocenters. The highest BCUT2D eigenvalue weighted by Crippen LogP contribution is 2.18. The molecule has 0 saturated carbocycles. The first-order valence-corrected chi connectivity index (χ1v) is 4.22. The second kappa shape index (κ2) is 6.21. The van der Waals surface area contributed by atoms with E-state index in [1.165, 1.54) is 0 Å². The molecule has 1 fully saturated rings. The van der Waals surface area contributed by atoms with Crippen LogP contribution in [0.4, 0.5) is 0 Å². The minimum absolute atomic E-state index is 0. The summed E-state index contributed by atoms with van der Waals surface area (Å²) in [4.78, 5) is 10.8. The van der Waals surface area contributed by atoms with E-state index in [4.69, 9.17) is 15.6 Å². The largest absolute Gasteiger partial charge is 0.394 e. The van der Waals surface area contributed by atoms with Crippen molar-refractivity contribution in [3.05, 3.63) is 0 Å². The summed E-state index contributed by atoms with van der Waals surface area (Å²) in [5.74, 6) is -0.500. The van der Waals surface area contributed by atoms with Gasteiger partial charge in [0.25, 0.3) is 0 Å². The Kier molecular flexibility index (Phi) is 6.03. The molecule has 0 aromatic carbocycles. The van der Waals surface area contributed by atoms with Gasteiger partial charge in [-0.3, -0.25) is 4.79 Å². The van der Waals surface area contributed by atoms with Crippen molar-refractivity contribution in [2.45, 2.75) is 24.5 Å². The zero-order valence-corrected chi connectivity index (χ0v) is 8.68. The lowest BCUT2D eigenvalue weighted by Crippen LogP contribution is -2.45. The molecule has 0 aliphatic carbocycles. The number of hydrogen-bond acceptors (Lipinski definition) is 6. The summed E-state index contributed by atoms with van der Waals surface area (Å²) < 4.78 is 4.97. The van der Waals surface area contributed by atoms with Crippen LogP contribution in [-0.2, 0) is 9.53 Å². The van der Waals surface area contributed by atoms with Gasteiger partial charge in [-0.05, 0) is 0 Å². The molecule has 90 valence electrons. The molecule has 0 aromatic rings. The smallest absolute Gasteiger partial charge is 0.235 e. The second-order valence-corrected chi connectivity index (χ2v) is 3.03. The molecule has 8 heteroatoms. The van der Waals surface area contributed by atoms with Crippen LogP contribution in [0.15, 0.2) is 0 Å². The Morgan fingerprint density at radius 2 is 2.00 bits per heavy atom. The maximum Gasteiger partial charge on any atom is 0.235 e. The van der Waals surface area contributed by atoms with Gasteiger partial charge in [0.1, 0.15) is 18.3 Å². The van der Waals surface area contributed by atoms with E-state index >= 15 is 0 Å². The number of amides is 1. The van der Waals surface area contributed by atoms with E-state index in [0.29, 0.717) is 0 Å². The molecular formula is C7H15ClN2O5. The van der Waals surface area contributed by atoms with E-state index in [2.05, 4.69) is 5.32 Å². The number of ether oxygens (including phenoxy) is 1. The topological polar surface area (TPSA) is 125 Å². The summed E-state index contributed by atoms with van der Waals surface area (Å²) in [6.45, 7) is -0.653. The van der Waals surface area contributed by atoms with Crippen molar-refractivity contribution in [2.24, 2.45) is 5.73 Å². The molecular weight excluding hydrogens is 228 g/mol. The molecule has 1 saturated heterocycles. The van der Waals surface area contributed by atoms with E-state index in [-0.39, 0.29) is 19.0 Å². The Balaban J connectivity index is 0.00000196. The van der Waals surface area contributed by atoms with Gasteiger partial charge in [0.05, 0.1) is 13.2 Å². The average molecular weight is 243 g/mol. The van der Waals surface area contributed by atoms with Gasteiger partial charge in [0, 0.05) is 0 Å². The number of carbonyl (C=O) groups is 1. The Hall–Kier alpha value is -0.440. The Bertz CT molecular complexity index is 218. The van der Waals surface area contributed by atoms with Crippen LogP contribution in [0.5, 0.6) is 0 Å². The third-order valence-corrected chi connectivity index (χ3v) is 2.03. The lowest BCUT2D eigenvalue weighted by Gasteiger charge is -2.15. The summed E-state index contributed by atoms with van der Waals surface area (Å²) in [6.07, 6.45) is -4.35. The molecule has 1 aliphatic heterocycles. The fourth-order valence-corrected chi connectivity index (χ4v) is 1.24. The summed E-state index contributed by atoms with van der Waals surface area (Å²) >= 11 is 0. The number of nitrogens with two attached hydrogens (primary N) is 1. The molecule has 0 radical (unpaired) electrons. The quantitative estimate of drug-likeness (QED) is 0.358. The molecule has 0 bridgehead atoms. The first-order chi connectivity index (χ1) is 6.60. The number of halogens is 1. The predicted molar refractivity (Wildman–Crippen MR) is 52.2 cm³/mol. The third kappa shape index (κ3) is 3.26. The minimum atomic E-state index is -1.25. The van der Waals surface area contributed by atoms with Gasteiger partial charge in [0.2, 0.25) is 5.91 Å². The number of nitrogens with one attached hydrogen (secondary N) is 1. The van der Waals surface area contributed by atoms with Crippen molar-refractivity contribution in [1.29, 1.82) is 0 Å². The van der Waals surface area contributed by atoms with Gasteiger partial charge >= 0.3 is 0 Å². The van der Waals surface area contributed by atoms with E-state index in [9.17, 15) is 15.0 Å². The maximum atomic E-state index is 10.8. The maximum absolute atomic E-state index is 10.8. The predicted octanol–water partition coefficient (Wildman–Crippen LogP) is -3.08. The number of rotatable bonds is 3. The normalized spacial score (nSPS) is 34.7. The highest BCUT2D eigenvalue weighted by atomic mass is 35.5. The molecule has 1 rings (SSSR count). The second-order valence-electron chi connectivity index (χ2n) is 3.03. The lowest BCUT2D eigenvalue weighted by molar-refractivity contribution is -0.126. The number of carbonyl (C=O) groups excluding carboxylic acids is 1. The van der Waals surface area contributed by atoms with Crippen LogP contribution >= 0.6 is 12.4 Å². The van der Waals surface area contributed by atoms with Crippen molar-refractivity contribution in [1.82, 2.24) is 5.32 Å².